The number of fused-ring (bicyclic) bond motifs is 1. The third-order valence-corrected chi connectivity index (χ3v) is 5.35. The van der Waals surface area contributed by atoms with E-state index in [2.05, 4.69) is 27.3 Å². The maximum Gasteiger partial charge on any atom is 0.224 e. The number of halogens is 2. The number of benzene rings is 2. The van der Waals surface area contributed by atoms with Gasteiger partial charge in [0.25, 0.3) is 0 Å². The van der Waals surface area contributed by atoms with E-state index in [0.29, 0.717) is 6.42 Å². The fraction of sp³-hybridized carbons (Fsp3) is 0.235. The Balaban J connectivity index is 1.97. The van der Waals surface area contributed by atoms with Crippen molar-refractivity contribution in [2.75, 3.05) is 5.32 Å². The average Bonchev–Trinajstić information content (AvgIpc) is 2.49. The third kappa shape index (κ3) is 2.85. The lowest BCUT2D eigenvalue weighted by Gasteiger charge is -2.20. The van der Waals surface area contributed by atoms with Gasteiger partial charge < -0.3 is 5.32 Å². The van der Waals surface area contributed by atoms with Crippen LogP contribution in [0.2, 0.25) is 5.02 Å². The maximum atomic E-state index is 11.4. The number of hydrogen-bond donors (Lipinski definition) is 1. The molecular weight excluding hydrogens is 350 g/mol. The zero-order chi connectivity index (χ0) is 15.0. The zero-order valence-corrected chi connectivity index (χ0v) is 14.0. The van der Waals surface area contributed by atoms with Gasteiger partial charge in [-0.3, -0.25) is 4.79 Å². The standard InChI is InChI=1S/C17H15BrClNO/c1-10-3-2-4-13(17(10)19)16(18)12-5-7-14-11(9-12)6-8-15(21)20-14/h2-5,7,9,16H,6,8H2,1H3,(H,20,21). The van der Waals surface area contributed by atoms with Gasteiger partial charge in [0.1, 0.15) is 0 Å². The molecule has 21 heavy (non-hydrogen) atoms. The molecule has 4 heteroatoms. The van der Waals surface area contributed by atoms with Crippen LogP contribution in [-0.2, 0) is 11.2 Å². The highest BCUT2D eigenvalue weighted by Crippen LogP contribution is 2.38. The number of rotatable bonds is 2. The first-order chi connectivity index (χ1) is 10.1. The summed E-state index contributed by atoms with van der Waals surface area (Å²) in [6, 6.07) is 12.2. The van der Waals surface area contributed by atoms with Crippen molar-refractivity contribution < 1.29 is 4.79 Å². The summed E-state index contributed by atoms with van der Waals surface area (Å²) in [7, 11) is 0. The van der Waals surface area contributed by atoms with E-state index >= 15 is 0 Å². The number of nitrogens with one attached hydrogen (secondary N) is 1. The van der Waals surface area contributed by atoms with Gasteiger partial charge >= 0.3 is 0 Å². The van der Waals surface area contributed by atoms with Crippen molar-refractivity contribution in [2.45, 2.75) is 24.6 Å². The fourth-order valence-corrected chi connectivity index (χ4v) is 3.64. The van der Waals surface area contributed by atoms with Gasteiger partial charge in [0.15, 0.2) is 0 Å². The quantitative estimate of drug-likeness (QED) is 0.745. The van der Waals surface area contributed by atoms with Crippen LogP contribution < -0.4 is 5.32 Å². The minimum atomic E-state index is 0.0489. The Bertz CT molecular complexity index is 714. The second kappa shape index (κ2) is 5.82. The molecule has 0 aliphatic carbocycles. The SMILES string of the molecule is Cc1cccc(C(Br)c2ccc3c(c2)CCC(=O)N3)c1Cl. The predicted molar refractivity (Wildman–Crippen MR) is 90.4 cm³/mol. The van der Waals surface area contributed by atoms with Gasteiger partial charge in [0.05, 0.1) is 4.83 Å². The summed E-state index contributed by atoms with van der Waals surface area (Å²) in [5.41, 5.74) is 5.39. The van der Waals surface area contributed by atoms with Crippen molar-refractivity contribution in [1.29, 1.82) is 0 Å². The molecule has 3 rings (SSSR count). The molecule has 0 aromatic heterocycles. The minimum Gasteiger partial charge on any atom is -0.326 e. The number of amides is 1. The van der Waals surface area contributed by atoms with Crippen molar-refractivity contribution in [2.24, 2.45) is 0 Å². The van der Waals surface area contributed by atoms with Gasteiger partial charge in [0.2, 0.25) is 5.91 Å². The first-order valence-electron chi connectivity index (χ1n) is 6.88. The van der Waals surface area contributed by atoms with E-state index in [9.17, 15) is 4.79 Å². The van der Waals surface area contributed by atoms with E-state index in [1.807, 2.05) is 37.3 Å². The smallest absolute Gasteiger partial charge is 0.224 e. The van der Waals surface area contributed by atoms with Crippen molar-refractivity contribution in [3.8, 4) is 0 Å². The highest BCUT2D eigenvalue weighted by molar-refractivity contribution is 9.09. The molecule has 0 saturated heterocycles. The minimum absolute atomic E-state index is 0.0489. The van der Waals surface area contributed by atoms with Gasteiger partial charge in [-0.25, -0.2) is 0 Å². The highest BCUT2D eigenvalue weighted by atomic mass is 79.9. The average molecular weight is 365 g/mol. The highest BCUT2D eigenvalue weighted by Gasteiger charge is 2.19. The first-order valence-corrected chi connectivity index (χ1v) is 8.17. The second-order valence-corrected chi connectivity index (χ2v) is 6.60. The van der Waals surface area contributed by atoms with E-state index in [-0.39, 0.29) is 10.7 Å². The molecule has 0 radical (unpaired) electrons. The molecule has 2 aromatic rings. The molecule has 2 nitrogen and oxygen atoms in total. The lowest BCUT2D eigenvalue weighted by atomic mass is 9.96. The van der Waals surface area contributed by atoms with E-state index in [1.54, 1.807) is 0 Å². The van der Waals surface area contributed by atoms with Crippen molar-refractivity contribution in [3.63, 3.8) is 0 Å². The molecule has 0 spiro atoms. The van der Waals surface area contributed by atoms with Gasteiger partial charge in [-0.05, 0) is 41.7 Å². The molecule has 1 heterocycles. The van der Waals surface area contributed by atoms with Crippen LogP contribution in [0.4, 0.5) is 5.69 Å². The lowest BCUT2D eigenvalue weighted by molar-refractivity contribution is -0.116. The number of carbonyl (C=O) groups is 1. The maximum absolute atomic E-state index is 11.4. The van der Waals surface area contributed by atoms with Gasteiger partial charge in [-0.2, -0.15) is 0 Å². The van der Waals surface area contributed by atoms with Crippen molar-refractivity contribution in [3.05, 3.63) is 63.7 Å². The normalized spacial score (nSPS) is 15.3. The Labute approximate surface area is 137 Å². The van der Waals surface area contributed by atoms with E-state index in [1.165, 1.54) is 5.56 Å². The van der Waals surface area contributed by atoms with Crippen molar-refractivity contribution in [1.82, 2.24) is 0 Å². The number of hydrogen-bond acceptors (Lipinski definition) is 1. The Morgan fingerprint density at radius 3 is 2.86 bits per heavy atom. The summed E-state index contributed by atoms with van der Waals surface area (Å²) in [5, 5.41) is 3.70. The first kappa shape index (κ1) is 14.6. The number of aryl methyl sites for hydroxylation is 2. The summed E-state index contributed by atoms with van der Waals surface area (Å²) in [4.78, 5) is 11.5. The Hall–Kier alpha value is -1.32. The van der Waals surface area contributed by atoms with E-state index in [0.717, 1.165) is 33.8 Å². The predicted octanol–water partition coefficient (Wildman–Crippen LogP) is 5.02. The molecule has 1 N–H and O–H groups in total. The molecule has 1 atom stereocenters. The molecule has 0 bridgehead atoms. The zero-order valence-electron chi connectivity index (χ0n) is 11.6. The largest absolute Gasteiger partial charge is 0.326 e. The van der Waals surface area contributed by atoms with Crippen LogP contribution in [-0.4, -0.2) is 5.91 Å². The molecule has 1 amide bonds. The molecule has 0 saturated carbocycles. The lowest BCUT2D eigenvalue weighted by Crippen LogP contribution is -2.19. The molecule has 2 aromatic carbocycles. The van der Waals surface area contributed by atoms with Crippen LogP contribution in [0.5, 0.6) is 0 Å². The molecule has 0 fully saturated rings. The van der Waals surface area contributed by atoms with Gasteiger partial charge in [-0.15, -0.1) is 0 Å². The number of anilines is 1. The second-order valence-electron chi connectivity index (χ2n) is 5.31. The third-order valence-electron chi connectivity index (χ3n) is 3.81. The summed E-state index contributed by atoms with van der Waals surface area (Å²) in [5.74, 6) is 0.0902. The van der Waals surface area contributed by atoms with Crippen molar-refractivity contribution >= 4 is 39.1 Å². The molecular formula is C17H15BrClNO. The Kier molecular flexibility index (Phi) is 4.05. The van der Waals surface area contributed by atoms with Crippen LogP contribution in [0.25, 0.3) is 0 Å². The van der Waals surface area contributed by atoms with E-state index in [4.69, 9.17) is 11.6 Å². The van der Waals surface area contributed by atoms with Crippen LogP contribution in [0, 0.1) is 6.92 Å². The molecule has 108 valence electrons. The number of alkyl halides is 1. The van der Waals surface area contributed by atoms with Crippen LogP contribution >= 0.6 is 27.5 Å². The fourth-order valence-electron chi connectivity index (χ4n) is 2.61. The van der Waals surface area contributed by atoms with Crippen LogP contribution in [0.15, 0.2) is 36.4 Å². The summed E-state index contributed by atoms with van der Waals surface area (Å²) >= 11 is 10.2. The Morgan fingerprint density at radius 2 is 2.05 bits per heavy atom. The summed E-state index contributed by atoms with van der Waals surface area (Å²) in [6.07, 6.45) is 1.34. The van der Waals surface area contributed by atoms with Crippen LogP contribution in [0.3, 0.4) is 0 Å². The summed E-state index contributed by atoms with van der Waals surface area (Å²) in [6.45, 7) is 2.01. The molecule has 1 aliphatic rings. The van der Waals surface area contributed by atoms with E-state index < -0.39 is 0 Å². The number of carbonyl (C=O) groups excluding carboxylic acids is 1. The summed E-state index contributed by atoms with van der Waals surface area (Å²) < 4.78 is 0. The topological polar surface area (TPSA) is 29.1 Å². The van der Waals surface area contributed by atoms with Gasteiger partial charge in [0, 0.05) is 17.1 Å². The Morgan fingerprint density at radius 1 is 1.24 bits per heavy atom. The monoisotopic (exact) mass is 363 g/mol. The molecule has 1 unspecified atom stereocenters. The van der Waals surface area contributed by atoms with Gasteiger partial charge in [-0.1, -0.05) is 57.9 Å². The molecule has 1 aliphatic heterocycles. The van der Waals surface area contributed by atoms with Crippen LogP contribution in [0.1, 0.15) is 33.5 Å².